The molecule has 0 bridgehead atoms. The minimum absolute atomic E-state index is 0.769. The van der Waals surface area contributed by atoms with Gasteiger partial charge in [0.1, 0.15) is 17.5 Å². The number of hydrogen-bond donors (Lipinski definition) is 1. The highest BCUT2D eigenvalue weighted by Crippen LogP contribution is 2.34. The van der Waals surface area contributed by atoms with Crippen molar-refractivity contribution in [1.82, 2.24) is 9.97 Å². The highest BCUT2D eigenvalue weighted by molar-refractivity contribution is 5.70. The van der Waals surface area contributed by atoms with E-state index in [1.165, 1.54) is 11.3 Å². The number of hydrogen-bond acceptors (Lipinski definition) is 4. The Labute approximate surface area is 135 Å². The van der Waals surface area contributed by atoms with E-state index in [1.54, 1.807) is 0 Å². The van der Waals surface area contributed by atoms with Crippen molar-refractivity contribution in [2.45, 2.75) is 13.3 Å². The maximum atomic E-state index is 4.63. The van der Waals surface area contributed by atoms with E-state index in [0.717, 1.165) is 36.1 Å². The predicted molar refractivity (Wildman–Crippen MR) is 93.6 cm³/mol. The largest absolute Gasteiger partial charge is 0.340 e. The molecule has 0 radical (unpaired) electrons. The van der Waals surface area contributed by atoms with Gasteiger partial charge in [-0.25, -0.2) is 9.97 Å². The van der Waals surface area contributed by atoms with Crippen molar-refractivity contribution >= 4 is 23.0 Å². The number of nitrogens with zero attached hydrogens (tertiary/aromatic N) is 3. The number of aromatic nitrogens is 2. The molecule has 0 atom stereocenters. The lowest BCUT2D eigenvalue weighted by molar-refractivity contribution is 0.947. The molecule has 1 aliphatic heterocycles. The maximum Gasteiger partial charge on any atom is 0.138 e. The molecule has 4 rings (SSSR count). The van der Waals surface area contributed by atoms with E-state index < -0.39 is 0 Å². The molecule has 23 heavy (non-hydrogen) atoms. The van der Waals surface area contributed by atoms with Crippen LogP contribution in [0, 0.1) is 6.92 Å². The third-order valence-electron chi connectivity index (χ3n) is 4.03. The normalized spacial score (nSPS) is 13.0. The lowest BCUT2D eigenvalue weighted by Gasteiger charge is -2.19. The Bertz CT molecular complexity index is 830. The summed E-state index contributed by atoms with van der Waals surface area (Å²) in [6.45, 7) is 2.89. The SMILES string of the molecule is Cc1nc(Nc2ccccc2)cc(N2CCc3ccccc32)n1. The summed E-state index contributed by atoms with van der Waals surface area (Å²) in [6, 6.07) is 20.6. The van der Waals surface area contributed by atoms with Gasteiger partial charge >= 0.3 is 0 Å². The van der Waals surface area contributed by atoms with Gasteiger partial charge in [0, 0.05) is 24.0 Å². The number of aryl methyl sites for hydroxylation is 1. The van der Waals surface area contributed by atoms with Gasteiger partial charge in [-0.15, -0.1) is 0 Å². The van der Waals surface area contributed by atoms with Crippen LogP contribution in [0.5, 0.6) is 0 Å². The molecule has 0 fully saturated rings. The molecule has 114 valence electrons. The van der Waals surface area contributed by atoms with Crippen molar-refractivity contribution < 1.29 is 0 Å². The molecule has 0 aliphatic carbocycles. The van der Waals surface area contributed by atoms with Crippen molar-refractivity contribution in [2.24, 2.45) is 0 Å². The van der Waals surface area contributed by atoms with Crippen LogP contribution in [0.2, 0.25) is 0 Å². The maximum absolute atomic E-state index is 4.63. The van der Waals surface area contributed by atoms with Gasteiger partial charge in [0.25, 0.3) is 0 Å². The topological polar surface area (TPSA) is 41.1 Å². The average molecular weight is 302 g/mol. The molecule has 0 saturated heterocycles. The van der Waals surface area contributed by atoms with E-state index in [-0.39, 0.29) is 0 Å². The second kappa shape index (κ2) is 5.72. The fourth-order valence-electron chi connectivity index (χ4n) is 3.00. The second-order valence-corrected chi connectivity index (χ2v) is 5.68. The van der Waals surface area contributed by atoms with Crippen LogP contribution in [0.25, 0.3) is 0 Å². The van der Waals surface area contributed by atoms with Crippen LogP contribution in [0.15, 0.2) is 60.7 Å². The third kappa shape index (κ3) is 2.75. The van der Waals surface area contributed by atoms with Crippen LogP contribution in [-0.2, 0) is 6.42 Å². The van der Waals surface area contributed by atoms with Gasteiger partial charge in [-0.2, -0.15) is 0 Å². The molecule has 2 heterocycles. The standard InChI is InChI=1S/C19H18N4/c1-14-20-18(22-16-8-3-2-4-9-16)13-19(21-14)23-12-11-15-7-5-6-10-17(15)23/h2-10,13H,11-12H2,1H3,(H,20,21,22). The van der Waals surface area contributed by atoms with Gasteiger partial charge in [0.15, 0.2) is 0 Å². The molecule has 3 aromatic rings. The van der Waals surface area contributed by atoms with Crippen LogP contribution in [-0.4, -0.2) is 16.5 Å². The summed E-state index contributed by atoms with van der Waals surface area (Å²) in [5.74, 6) is 2.54. The van der Waals surface area contributed by atoms with E-state index >= 15 is 0 Å². The Morgan fingerprint density at radius 1 is 0.957 bits per heavy atom. The first-order chi connectivity index (χ1) is 11.3. The van der Waals surface area contributed by atoms with Crippen molar-refractivity contribution in [3.63, 3.8) is 0 Å². The van der Waals surface area contributed by atoms with E-state index in [1.807, 2.05) is 43.3 Å². The highest BCUT2D eigenvalue weighted by atomic mass is 15.2. The first-order valence-corrected chi connectivity index (χ1v) is 7.83. The molecule has 4 heteroatoms. The monoisotopic (exact) mass is 302 g/mol. The lowest BCUT2D eigenvalue weighted by Crippen LogP contribution is -2.16. The van der Waals surface area contributed by atoms with Crippen LogP contribution in [0.4, 0.5) is 23.0 Å². The Morgan fingerprint density at radius 2 is 1.74 bits per heavy atom. The van der Waals surface area contributed by atoms with Gasteiger partial charge in [-0.1, -0.05) is 36.4 Å². The summed E-state index contributed by atoms with van der Waals surface area (Å²) in [7, 11) is 0. The average Bonchev–Trinajstić information content (AvgIpc) is 2.99. The molecule has 0 saturated carbocycles. The van der Waals surface area contributed by atoms with Gasteiger partial charge in [-0.3, -0.25) is 0 Å². The first kappa shape index (κ1) is 13.8. The van der Waals surface area contributed by atoms with Gasteiger partial charge < -0.3 is 10.2 Å². The Balaban J connectivity index is 1.68. The number of benzene rings is 2. The van der Waals surface area contributed by atoms with Gasteiger partial charge in [-0.05, 0) is 37.1 Å². The van der Waals surface area contributed by atoms with Crippen molar-refractivity contribution in [1.29, 1.82) is 0 Å². The molecule has 0 amide bonds. The molecule has 2 aromatic carbocycles. The predicted octanol–water partition coefficient (Wildman–Crippen LogP) is 4.22. The molecule has 0 spiro atoms. The summed E-state index contributed by atoms with van der Waals surface area (Å²) < 4.78 is 0. The fourth-order valence-corrected chi connectivity index (χ4v) is 3.00. The van der Waals surface area contributed by atoms with E-state index in [9.17, 15) is 0 Å². The minimum atomic E-state index is 0.769. The van der Waals surface area contributed by atoms with Crippen molar-refractivity contribution in [3.05, 3.63) is 72.1 Å². The van der Waals surface area contributed by atoms with Crippen LogP contribution in [0.3, 0.4) is 0 Å². The molecule has 4 nitrogen and oxygen atoms in total. The lowest BCUT2D eigenvalue weighted by atomic mass is 10.2. The Hall–Kier alpha value is -2.88. The second-order valence-electron chi connectivity index (χ2n) is 5.68. The zero-order chi connectivity index (χ0) is 15.6. The quantitative estimate of drug-likeness (QED) is 0.786. The summed E-state index contributed by atoms with van der Waals surface area (Å²) in [6.07, 6.45) is 1.06. The third-order valence-corrected chi connectivity index (χ3v) is 4.03. The summed E-state index contributed by atoms with van der Waals surface area (Å²) in [5.41, 5.74) is 3.65. The number of para-hydroxylation sites is 2. The number of nitrogens with one attached hydrogen (secondary N) is 1. The molecule has 1 N–H and O–H groups in total. The van der Waals surface area contributed by atoms with E-state index in [4.69, 9.17) is 0 Å². The summed E-state index contributed by atoms with van der Waals surface area (Å²) in [5, 5.41) is 3.35. The molecular weight excluding hydrogens is 284 g/mol. The fraction of sp³-hybridized carbons (Fsp3) is 0.158. The number of rotatable bonds is 3. The van der Waals surface area contributed by atoms with Crippen molar-refractivity contribution in [2.75, 3.05) is 16.8 Å². The molecular formula is C19H18N4. The van der Waals surface area contributed by atoms with Crippen LogP contribution in [0.1, 0.15) is 11.4 Å². The van der Waals surface area contributed by atoms with E-state index in [2.05, 4.69) is 44.5 Å². The molecule has 1 aromatic heterocycles. The zero-order valence-electron chi connectivity index (χ0n) is 13.0. The Kier molecular flexibility index (Phi) is 3.42. The number of fused-ring (bicyclic) bond motifs is 1. The first-order valence-electron chi connectivity index (χ1n) is 7.83. The van der Waals surface area contributed by atoms with Crippen molar-refractivity contribution in [3.8, 4) is 0 Å². The highest BCUT2D eigenvalue weighted by Gasteiger charge is 2.21. The molecule has 0 unspecified atom stereocenters. The summed E-state index contributed by atoms with van der Waals surface area (Å²) in [4.78, 5) is 11.4. The summed E-state index contributed by atoms with van der Waals surface area (Å²) >= 11 is 0. The smallest absolute Gasteiger partial charge is 0.138 e. The number of anilines is 4. The van der Waals surface area contributed by atoms with Gasteiger partial charge in [0.05, 0.1) is 0 Å². The van der Waals surface area contributed by atoms with Crippen LogP contribution < -0.4 is 10.2 Å². The Morgan fingerprint density at radius 3 is 2.61 bits per heavy atom. The van der Waals surface area contributed by atoms with E-state index in [0.29, 0.717) is 0 Å². The minimum Gasteiger partial charge on any atom is -0.340 e. The van der Waals surface area contributed by atoms with Crippen LogP contribution >= 0.6 is 0 Å². The molecule has 1 aliphatic rings. The zero-order valence-corrected chi connectivity index (χ0v) is 13.0. The van der Waals surface area contributed by atoms with Gasteiger partial charge in [0.2, 0.25) is 0 Å².